The van der Waals surface area contributed by atoms with Gasteiger partial charge in [-0.3, -0.25) is 0 Å². The van der Waals surface area contributed by atoms with Gasteiger partial charge in [0, 0.05) is 16.2 Å². The van der Waals surface area contributed by atoms with Gasteiger partial charge in [0.15, 0.2) is 5.82 Å². The Hall–Kier alpha value is -0.810. The predicted octanol–water partition coefficient (Wildman–Crippen LogP) is 3.81. The number of benzene rings is 1. The van der Waals surface area contributed by atoms with Crippen LogP contribution in [0.1, 0.15) is 0 Å². The summed E-state index contributed by atoms with van der Waals surface area (Å²) >= 11 is 6.53. The minimum atomic E-state index is -0.291. The lowest BCUT2D eigenvalue weighted by atomic mass is 10.2. The van der Waals surface area contributed by atoms with Gasteiger partial charge in [-0.1, -0.05) is 0 Å². The molecule has 1 aromatic carbocycles. The summed E-state index contributed by atoms with van der Waals surface area (Å²) in [6.07, 6.45) is 1.64. The molecule has 2 aromatic rings. The maximum atomic E-state index is 12.9. The Kier molecular flexibility index (Phi) is 3.11. The van der Waals surface area contributed by atoms with Gasteiger partial charge in [-0.25, -0.2) is 14.4 Å². The molecule has 0 unspecified atom stereocenters. The number of halogens is 3. The molecular formula is C10H5Br2FN2. The van der Waals surface area contributed by atoms with Crippen LogP contribution in [0.5, 0.6) is 0 Å². The topological polar surface area (TPSA) is 25.8 Å². The Morgan fingerprint density at radius 2 is 1.93 bits per heavy atom. The molecule has 2 nitrogen and oxygen atoms in total. The highest BCUT2D eigenvalue weighted by Crippen LogP contribution is 2.26. The van der Waals surface area contributed by atoms with Crippen molar-refractivity contribution in [1.29, 1.82) is 0 Å². The molecule has 76 valence electrons. The van der Waals surface area contributed by atoms with Gasteiger partial charge < -0.3 is 0 Å². The molecule has 0 aliphatic rings. The second kappa shape index (κ2) is 4.37. The van der Waals surface area contributed by atoms with Crippen LogP contribution in [0.2, 0.25) is 0 Å². The van der Waals surface area contributed by atoms with Gasteiger partial charge >= 0.3 is 0 Å². The number of rotatable bonds is 1. The predicted molar refractivity (Wildman–Crippen MR) is 62.8 cm³/mol. The van der Waals surface area contributed by atoms with Gasteiger partial charge in [-0.05, 0) is 56.1 Å². The summed E-state index contributed by atoms with van der Waals surface area (Å²) in [6, 6.07) is 6.14. The minimum Gasteiger partial charge on any atom is -0.236 e. The van der Waals surface area contributed by atoms with Crippen LogP contribution in [0, 0.1) is 5.82 Å². The fourth-order valence-corrected chi connectivity index (χ4v) is 1.95. The van der Waals surface area contributed by atoms with Crippen LogP contribution in [-0.2, 0) is 0 Å². The maximum absolute atomic E-state index is 12.9. The Labute approximate surface area is 103 Å². The molecule has 0 aliphatic carbocycles. The van der Waals surface area contributed by atoms with E-state index in [-0.39, 0.29) is 5.82 Å². The fourth-order valence-electron chi connectivity index (χ4n) is 1.14. The van der Waals surface area contributed by atoms with Crippen LogP contribution in [0.25, 0.3) is 11.4 Å². The zero-order valence-electron chi connectivity index (χ0n) is 7.42. The lowest BCUT2D eigenvalue weighted by Gasteiger charge is -2.02. The average Bonchev–Trinajstić information content (AvgIpc) is 2.17. The fraction of sp³-hybridized carbons (Fsp3) is 0. The molecule has 0 N–H and O–H groups in total. The van der Waals surface area contributed by atoms with E-state index in [2.05, 4.69) is 41.8 Å². The van der Waals surface area contributed by atoms with Crippen LogP contribution in [0.3, 0.4) is 0 Å². The lowest BCUT2D eigenvalue weighted by molar-refractivity contribution is 0.627. The zero-order valence-corrected chi connectivity index (χ0v) is 10.6. The van der Waals surface area contributed by atoms with Crippen LogP contribution >= 0.6 is 31.9 Å². The third kappa shape index (κ3) is 2.41. The van der Waals surface area contributed by atoms with E-state index >= 15 is 0 Å². The summed E-state index contributed by atoms with van der Waals surface area (Å²) in [6.45, 7) is 0. The molecule has 0 bridgehead atoms. The van der Waals surface area contributed by atoms with E-state index in [1.165, 1.54) is 12.1 Å². The van der Waals surface area contributed by atoms with Crippen LogP contribution in [0.4, 0.5) is 4.39 Å². The number of hydrogen-bond acceptors (Lipinski definition) is 2. The molecule has 1 heterocycles. The summed E-state index contributed by atoms with van der Waals surface area (Å²) in [7, 11) is 0. The summed E-state index contributed by atoms with van der Waals surface area (Å²) in [4.78, 5) is 8.29. The standard InChI is InChI=1S/C10H5Br2FN2/c11-8-5-6(13)1-2-7(8)10-14-4-3-9(12)15-10/h1-5H. The van der Waals surface area contributed by atoms with Crippen molar-refractivity contribution in [3.05, 3.63) is 45.4 Å². The summed E-state index contributed by atoms with van der Waals surface area (Å²) < 4.78 is 14.2. The van der Waals surface area contributed by atoms with E-state index in [9.17, 15) is 4.39 Å². The van der Waals surface area contributed by atoms with E-state index < -0.39 is 0 Å². The van der Waals surface area contributed by atoms with Crippen LogP contribution < -0.4 is 0 Å². The lowest BCUT2D eigenvalue weighted by Crippen LogP contribution is -1.90. The van der Waals surface area contributed by atoms with E-state index in [1.807, 2.05) is 0 Å². The quantitative estimate of drug-likeness (QED) is 0.743. The Morgan fingerprint density at radius 3 is 2.60 bits per heavy atom. The molecule has 2 rings (SSSR count). The van der Waals surface area contributed by atoms with Crippen molar-refractivity contribution in [3.63, 3.8) is 0 Å². The highest BCUT2D eigenvalue weighted by atomic mass is 79.9. The van der Waals surface area contributed by atoms with E-state index in [0.29, 0.717) is 14.9 Å². The van der Waals surface area contributed by atoms with Gasteiger partial charge in [0.1, 0.15) is 10.4 Å². The number of nitrogens with zero attached hydrogens (tertiary/aromatic N) is 2. The molecule has 0 saturated carbocycles. The summed E-state index contributed by atoms with van der Waals surface area (Å²) in [5.74, 6) is 0.261. The van der Waals surface area contributed by atoms with Gasteiger partial charge in [-0.2, -0.15) is 0 Å². The maximum Gasteiger partial charge on any atom is 0.161 e. The summed E-state index contributed by atoms with van der Waals surface area (Å²) in [5.41, 5.74) is 0.762. The van der Waals surface area contributed by atoms with Gasteiger partial charge in [0.25, 0.3) is 0 Å². The first-order valence-corrected chi connectivity index (χ1v) is 5.69. The van der Waals surface area contributed by atoms with Gasteiger partial charge in [0.2, 0.25) is 0 Å². The molecule has 0 radical (unpaired) electrons. The van der Waals surface area contributed by atoms with E-state index in [0.717, 1.165) is 5.56 Å². The minimum absolute atomic E-state index is 0.291. The van der Waals surface area contributed by atoms with Crippen molar-refractivity contribution in [3.8, 4) is 11.4 Å². The van der Waals surface area contributed by atoms with Gasteiger partial charge in [-0.15, -0.1) is 0 Å². The Bertz CT molecular complexity index is 503. The first-order chi connectivity index (χ1) is 7.16. The monoisotopic (exact) mass is 330 g/mol. The van der Waals surface area contributed by atoms with E-state index in [4.69, 9.17) is 0 Å². The second-order valence-corrected chi connectivity index (χ2v) is 4.49. The molecule has 0 amide bonds. The molecule has 0 atom stereocenters. The molecule has 5 heteroatoms. The molecule has 0 fully saturated rings. The average molecular weight is 332 g/mol. The van der Waals surface area contributed by atoms with Crippen LogP contribution in [-0.4, -0.2) is 9.97 Å². The van der Waals surface area contributed by atoms with Crippen molar-refractivity contribution in [2.24, 2.45) is 0 Å². The molecule has 15 heavy (non-hydrogen) atoms. The summed E-state index contributed by atoms with van der Waals surface area (Å²) in [5, 5.41) is 0. The SMILES string of the molecule is Fc1ccc(-c2nccc(Br)n2)c(Br)c1. The normalized spacial score (nSPS) is 10.3. The third-order valence-electron chi connectivity index (χ3n) is 1.79. The number of hydrogen-bond donors (Lipinski definition) is 0. The first kappa shape index (κ1) is 10.7. The molecular weight excluding hydrogens is 327 g/mol. The van der Waals surface area contributed by atoms with Crippen molar-refractivity contribution in [2.45, 2.75) is 0 Å². The highest BCUT2D eigenvalue weighted by molar-refractivity contribution is 9.10. The van der Waals surface area contributed by atoms with Gasteiger partial charge in [0.05, 0.1) is 0 Å². The highest BCUT2D eigenvalue weighted by Gasteiger charge is 2.07. The van der Waals surface area contributed by atoms with Crippen molar-refractivity contribution in [1.82, 2.24) is 9.97 Å². The largest absolute Gasteiger partial charge is 0.236 e. The second-order valence-electron chi connectivity index (χ2n) is 2.83. The zero-order chi connectivity index (χ0) is 10.8. The molecule has 0 saturated heterocycles. The van der Waals surface area contributed by atoms with Crippen molar-refractivity contribution in [2.75, 3.05) is 0 Å². The molecule has 0 spiro atoms. The molecule has 1 aromatic heterocycles. The van der Waals surface area contributed by atoms with Crippen molar-refractivity contribution >= 4 is 31.9 Å². The Balaban J connectivity index is 2.54. The van der Waals surface area contributed by atoms with Crippen LogP contribution in [0.15, 0.2) is 39.5 Å². The molecule has 0 aliphatic heterocycles. The van der Waals surface area contributed by atoms with E-state index in [1.54, 1.807) is 18.3 Å². The first-order valence-electron chi connectivity index (χ1n) is 4.11. The number of aromatic nitrogens is 2. The third-order valence-corrected chi connectivity index (χ3v) is 2.89. The Morgan fingerprint density at radius 1 is 1.13 bits per heavy atom. The smallest absolute Gasteiger partial charge is 0.161 e. The van der Waals surface area contributed by atoms with Crippen molar-refractivity contribution < 1.29 is 4.39 Å².